The van der Waals surface area contributed by atoms with Crippen LogP contribution in [0, 0.1) is 0 Å². The second kappa shape index (κ2) is 20.0. The lowest BCUT2D eigenvalue weighted by Gasteiger charge is -2.09. The first kappa shape index (κ1) is 43.5. The number of para-hydroxylation sites is 2. The summed E-state index contributed by atoms with van der Waals surface area (Å²) in [7, 11) is 0. The molecule has 0 aliphatic rings. The lowest BCUT2D eigenvalue weighted by molar-refractivity contribution is -0.142. The van der Waals surface area contributed by atoms with Crippen molar-refractivity contribution in [2.75, 3.05) is 39.4 Å². The number of halogens is 7. The fraction of sp³-hybridized carbons (Fsp3) is 0.229. The van der Waals surface area contributed by atoms with Crippen LogP contribution >= 0.6 is 12.4 Å². The summed E-state index contributed by atoms with van der Waals surface area (Å²) in [6.07, 6.45) is -7.44. The van der Waals surface area contributed by atoms with Crippen LogP contribution in [0.1, 0.15) is 42.5 Å². The first-order chi connectivity index (χ1) is 25.7. The predicted octanol–water partition coefficient (Wildman–Crippen LogP) is 4.42. The molecule has 55 heavy (non-hydrogen) atoms. The Morgan fingerprint density at radius 1 is 0.655 bits per heavy atom. The highest BCUT2D eigenvalue weighted by molar-refractivity contribution is 5.96. The topological polar surface area (TPSA) is 178 Å². The number of hydrogen-bond donors (Lipinski definition) is 5. The quantitative estimate of drug-likeness (QED) is 0.0859. The molecule has 0 aliphatic heterocycles. The molecule has 0 saturated carbocycles. The van der Waals surface area contributed by atoms with Gasteiger partial charge < -0.3 is 31.5 Å². The van der Waals surface area contributed by atoms with Gasteiger partial charge in [0, 0.05) is 44.1 Å². The van der Waals surface area contributed by atoms with Crippen LogP contribution in [0.5, 0.6) is 5.75 Å². The summed E-state index contributed by atoms with van der Waals surface area (Å²) in [4.78, 5) is 36.3. The molecule has 5 rings (SSSR count). The Morgan fingerprint density at radius 2 is 1.07 bits per heavy atom. The van der Waals surface area contributed by atoms with E-state index in [-0.39, 0.29) is 51.8 Å². The van der Waals surface area contributed by atoms with Crippen molar-refractivity contribution in [2.45, 2.75) is 12.4 Å². The van der Waals surface area contributed by atoms with E-state index in [0.717, 1.165) is 21.8 Å². The summed E-state index contributed by atoms with van der Waals surface area (Å²) < 4.78 is 86.3. The number of aliphatic hydroxyl groups excluding tert-OH is 1. The van der Waals surface area contributed by atoms with Crippen LogP contribution in [0.4, 0.5) is 26.3 Å². The van der Waals surface area contributed by atoms with Crippen molar-refractivity contribution in [3.63, 3.8) is 0 Å². The number of benzene rings is 3. The van der Waals surface area contributed by atoms with E-state index in [4.69, 9.17) is 15.6 Å². The number of nitrogens with zero attached hydrogens (tertiary/aromatic N) is 4. The molecule has 0 aliphatic carbocycles. The van der Waals surface area contributed by atoms with Gasteiger partial charge in [0.05, 0.1) is 29.1 Å². The maximum absolute atomic E-state index is 13.4. The van der Waals surface area contributed by atoms with Gasteiger partial charge in [-0.25, -0.2) is 9.36 Å². The Hall–Kier alpha value is -5.92. The summed E-state index contributed by atoms with van der Waals surface area (Å²) >= 11 is 0. The Morgan fingerprint density at radius 3 is 1.47 bits per heavy atom. The molecule has 2 heterocycles. The van der Waals surface area contributed by atoms with Crippen molar-refractivity contribution in [3.05, 3.63) is 125 Å². The number of rotatable bonds is 13. The third-order valence-corrected chi connectivity index (χ3v) is 7.10. The minimum atomic E-state index is -4.81. The highest BCUT2D eigenvalue weighted by Gasteiger charge is 2.40. The van der Waals surface area contributed by atoms with E-state index >= 15 is 0 Å². The molecule has 20 heteroatoms. The van der Waals surface area contributed by atoms with Gasteiger partial charge in [0.15, 0.2) is 11.4 Å². The van der Waals surface area contributed by atoms with E-state index in [1.807, 2.05) is 0 Å². The lowest BCUT2D eigenvalue weighted by atomic mass is 10.2. The monoisotopic (exact) mass is 796 g/mol. The minimum Gasteiger partial charge on any atom is -0.491 e. The van der Waals surface area contributed by atoms with Crippen LogP contribution in [-0.4, -0.2) is 81.8 Å². The van der Waals surface area contributed by atoms with Gasteiger partial charge in [0.25, 0.3) is 17.7 Å². The first-order valence-corrected chi connectivity index (χ1v) is 16.1. The molecular formula is C35H35ClF6N8O5. The smallest absolute Gasteiger partial charge is 0.435 e. The summed E-state index contributed by atoms with van der Waals surface area (Å²) in [5, 5.41) is 23.0. The zero-order chi connectivity index (χ0) is 39.3. The normalized spacial score (nSPS) is 11.1. The molecule has 13 nitrogen and oxygen atoms in total. The molecule has 2 aromatic heterocycles. The maximum Gasteiger partial charge on any atom is 0.435 e. The van der Waals surface area contributed by atoms with Gasteiger partial charge >= 0.3 is 12.4 Å². The van der Waals surface area contributed by atoms with Gasteiger partial charge in [-0.05, 0) is 48.5 Å². The van der Waals surface area contributed by atoms with E-state index in [0.29, 0.717) is 22.7 Å². The fourth-order valence-electron chi connectivity index (χ4n) is 4.62. The molecule has 0 unspecified atom stereocenters. The molecule has 0 bridgehead atoms. The molecular weight excluding hydrogens is 762 g/mol. The average Bonchev–Trinajstić information content (AvgIpc) is 3.83. The van der Waals surface area contributed by atoms with Gasteiger partial charge in [-0.15, -0.1) is 12.4 Å². The Kier molecular flexibility index (Phi) is 15.8. The van der Waals surface area contributed by atoms with Crippen molar-refractivity contribution < 1.29 is 50.6 Å². The molecule has 5 aromatic rings. The summed E-state index contributed by atoms with van der Waals surface area (Å²) in [5.41, 5.74) is 2.70. The summed E-state index contributed by atoms with van der Waals surface area (Å²) in [5.74, 6) is -1.74. The van der Waals surface area contributed by atoms with Gasteiger partial charge in [0.2, 0.25) is 0 Å². The third-order valence-electron chi connectivity index (χ3n) is 7.10. The van der Waals surface area contributed by atoms with Crippen LogP contribution in [0.25, 0.3) is 11.4 Å². The van der Waals surface area contributed by atoms with Crippen LogP contribution in [0.2, 0.25) is 0 Å². The minimum absolute atomic E-state index is 0. The zero-order valence-electron chi connectivity index (χ0n) is 28.6. The van der Waals surface area contributed by atoms with E-state index in [1.165, 1.54) is 12.1 Å². The van der Waals surface area contributed by atoms with Crippen LogP contribution in [0.3, 0.4) is 0 Å². The van der Waals surface area contributed by atoms with Gasteiger partial charge in [-0.2, -0.15) is 36.5 Å². The largest absolute Gasteiger partial charge is 0.491 e. The van der Waals surface area contributed by atoms with E-state index in [9.17, 15) is 40.7 Å². The second-order valence-electron chi connectivity index (χ2n) is 11.0. The van der Waals surface area contributed by atoms with Gasteiger partial charge in [0.1, 0.15) is 12.4 Å². The number of carbonyl (C=O) groups is 3. The Balaban J connectivity index is 0.000000319. The number of nitrogens with one attached hydrogen (secondary N) is 3. The number of ether oxygens (including phenoxy) is 1. The molecule has 0 atom stereocenters. The van der Waals surface area contributed by atoms with E-state index in [2.05, 4.69) is 26.1 Å². The molecule has 0 fully saturated rings. The zero-order valence-corrected chi connectivity index (χ0v) is 29.4. The molecule has 0 radical (unpaired) electrons. The number of aromatic nitrogens is 4. The third kappa shape index (κ3) is 12.3. The maximum atomic E-state index is 13.4. The molecule has 3 amide bonds. The van der Waals surface area contributed by atoms with Crippen molar-refractivity contribution >= 4 is 30.1 Å². The Labute approximate surface area is 315 Å². The highest BCUT2D eigenvalue weighted by Crippen LogP contribution is 2.32. The number of hydrogen-bond acceptors (Lipinski definition) is 8. The van der Waals surface area contributed by atoms with E-state index in [1.54, 1.807) is 72.8 Å². The predicted molar refractivity (Wildman–Crippen MR) is 189 cm³/mol. The van der Waals surface area contributed by atoms with Crippen molar-refractivity contribution in [2.24, 2.45) is 5.73 Å². The number of nitrogens with two attached hydrogens (primary N) is 1. The molecule has 6 N–H and O–H groups in total. The lowest BCUT2D eigenvalue weighted by Crippen LogP contribution is -2.35. The SMILES string of the molecule is Cl.NCCNC(=O)c1cn(-c2ccccc2)nc1C(F)(F)F.O=C(NCCNC(=O)c1cn(-c2ccccc2)nc1C(F)(F)F)c1ccc(OCCO)cc1. The molecule has 0 saturated heterocycles. The average molecular weight is 797 g/mol. The van der Waals surface area contributed by atoms with Crippen LogP contribution in [-0.2, 0) is 12.4 Å². The van der Waals surface area contributed by atoms with Gasteiger partial charge in [-0.1, -0.05) is 36.4 Å². The standard InChI is InChI=1S/C22H21F3N4O4.C13H13F3N4O.ClH/c23-22(24,25)19-18(14-29(28-19)16-4-2-1-3-5-16)21(32)27-11-10-26-20(31)15-6-8-17(9-7-15)33-13-12-30;14-13(15,16)11-10(12(21)18-7-6-17)8-20(19-11)9-4-2-1-3-5-9;/h1-9,14,30H,10-13H2,(H,26,31)(H,27,32);1-5,8H,6-7,17H2,(H,18,21);1H. The van der Waals surface area contributed by atoms with Crippen LogP contribution < -0.4 is 26.4 Å². The molecule has 3 aromatic carbocycles. The van der Waals surface area contributed by atoms with Crippen molar-refractivity contribution in [1.29, 1.82) is 0 Å². The number of alkyl halides is 6. The van der Waals surface area contributed by atoms with Crippen LogP contribution in [0.15, 0.2) is 97.3 Å². The first-order valence-electron chi connectivity index (χ1n) is 16.1. The molecule has 294 valence electrons. The summed E-state index contributed by atoms with van der Waals surface area (Å²) in [6.45, 7) is 0.140. The highest BCUT2D eigenvalue weighted by atomic mass is 35.5. The van der Waals surface area contributed by atoms with E-state index < -0.39 is 52.6 Å². The number of carbonyl (C=O) groups excluding carboxylic acids is 3. The van der Waals surface area contributed by atoms with Gasteiger partial charge in [-0.3, -0.25) is 14.4 Å². The molecule has 0 spiro atoms. The van der Waals surface area contributed by atoms with Crippen molar-refractivity contribution in [1.82, 2.24) is 35.5 Å². The van der Waals surface area contributed by atoms with Crippen molar-refractivity contribution in [3.8, 4) is 17.1 Å². The number of amides is 3. The second-order valence-corrected chi connectivity index (χ2v) is 11.0. The Bertz CT molecular complexity index is 1990. The fourth-order valence-corrected chi connectivity index (χ4v) is 4.62. The number of aliphatic hydroxyl groups is 1. The summed E-state index contributed by atoms with van der Waals surface area (Å²) in [6, 6.07) is 22.5.